The maximum Gasteiger partial charge on any atom is 0.161 e. The van der Waals surface area contributed by atoms with Gasteiger partial charge in [0, 0.05) is 5.41 Å². The van der Waals surface area contributed by atoms with Gasteiger partial charge in [-0.2, -0.15) is 0 Å². The summed E-state index contributed by atoms with van der Waals surface area (Å²) in [7, 11) is 0. The summed E-state index contributed by atoms with van der Waals surface area (Å²) in [5.41, 5.74) is 0.0139. The van der Waals surface area contributed by atoms with Crippen LogP contribution >= 0.6 is 0 Å². The number of carbonyl (C=O) groups is 1. The van der Waals surface area contributed by atoms with Crippen LogP contribution in [0, 0.1) is 11.3 Å². The monoisotopic (exact) mass is 136 g/mol. The highest BCUT2D eigenvalue weighted by Crippen LogP contribution is 2.47. The lowest BCUT2D eigenvalue weighted by Gasteiger charge is -2.20. The Morgan fingerprint density at radius 1 is 1.70 bits per heavy atom. The first-order chi connectivity index (χ1) is 4.73. The summed E-state index contributed by atoms with van der Waals surface area (Å²) in [5.74, 6) is 0.926. The highest BCUT2D eigenvalue weighted by Gasteiger charge is 2.45. The summed E-state index contributed by atoms with van der Waals surface area (Å²) >= 11 is 0. The minimum absolute atomic E-state index is 0.0139. The molecule has 0 heterocycles. The van der Waals surface area contributed by atoms with Crippen LogP contribution in [0.5, 0.6) is 0 Å². The van der Waals surface area contributed by atoms with E-state index in [4.69, 9.17) is 0 Å². The molecule has 0 unspecified atom stereocenters. The molecular formula is C9H12O. The van der Waals surface area contributed by atoms with Gasteiger partial charge in [-0.15, -0.1) is 0 Å². The first-order valence-electron chi connectivity index (χ1n) is 3.96. The molecule has 0 radical (unpaired) electrons. The zero-order chi connectivity index (χ0) is 7.19. The number of ketones is 1. The van der Waals surface area contributed by atoms with Gasteiger partial charge in [-0.25, -0.2) is 0 Å². The third kappa shape index (κ3) is 0.556. The molecule has 0 saturated heterocycles. The van der Waals surface area contributed by atoms with Crippen molar-refractivity contribution in [1.82, 2.24) is 0 Å². The molecule has 54 valence electrons. The zero-order valence-electron chi connectivity index (χ0n) is 6.26. The number of fused-ring (bicyclic) bond motifs is 1. The maximum absolute atomic E-state index is 11.3. The van der Waals surface area contributed by atoms with E-state index >= 15 is 0 Å². The molecule has 1 nitrogen and oxygen atoms in total. The SMILES string of the molecule is C[C@@]12CCC[C@@H]1C=CC2=O. The molecule has 10 heavy (non-hydrogen) atoms. The topological polar surface area (TPSA) is 17.1 Å². The average Bonchev–Trinajstić information content (AvgIpc) is 2.36. The van der Waals surface area contributed by atoms with Gasteiger partial charge in [-0.05, 0) is 24.8 Å². The summed E-state index contributed by atoms with van der Waals surface area (Å²) in [6.07, 6.45) is 7.42. The molecule has 2 rings (SSSR count). The van der Waals surface area contributed by atoms with Crippen molar-refractivity contribution in [2.24, 2.45) is 11.3 Å². The zero-order valence-corrected chi connectivity index (χ0v) is 6.26. The van der Waals surface area contributed by atoms with Crippen LogP contribution in [-0.4, -0.2) is 5.78 Å². The fraction of sp³-hybridized carbons (Fsp3) is 0.667. The predicted molar refractivity (Wildman–Crippen MR) is 39.6 cm³/mol. The molecule has 0 spiro atoms. The molecule has 0 aliphatic heterocycles. The van der Waals surface area contributed by atoms with Crippen LogP contribution in [-0.2, 0) is 4.79 Å². The molecule has 0 bridgehead atoms. The van der Waals surface area contributed by atoms with Crippen molar-refractivity contribution < 1.29 is 4.79 Å². The summed E-state index contributed by atoms with van der Waals surface area (Å²) < 4.78 is 0. The van der Waals surface area contributed by atoms with Crippen LogP contribution in [0.3, 0.4) is 0 Å². The van der Waals surface area contributed by atoms with Crippen LogP contribution in [0.2, 0.25) is 0 Å². The number of hydrogen-bond donors (Lipinski definition) is 0. The quantitative estimate of drug-likeness (QED) is 0.497. The van der Waals surface area contributed by atoms with Crippen molar-refractivity contribution in [3.63, 3.8) is 0 Å². The van der Waals surface area contributed by atoms with Gasteiger partial charge in [0.05, 0.1) is 0 Å². The molecule has 2 atom stereocenters. The molecule has 1 saturated carbocycles. The number of allylic oxidation sites excluding steroid dienone is 2. The van der Waals surface area contributed by atoms with E-state index in [0.717, 1.165) is 6.42 Å². The predicted octanol–water partition coefficient (Wildman–Crippen LogP) is 1.93. The fourth-order valence-corrected chi connectivity index (χ4v) is 2.20. The molecule has 0 aromatic carbocycles. The first-order valence-corrected chi connectivity index (χ1v) is 3.96. The Morgan fingerprint density at radius 3 is 3.20 bits per heavy atom. The fourth-order valence-electron chi connectivity index (χ4n) is 2.20. The van der Waals surface area contributed by atoms with Gasteiger partial charge < -0.3 is 0 Å². The summed E-state index contributed by atoms with van der Waals surface area (Å²) in [6, 6.07) is 0. The second-order valence-corrected chi connectivity index (χ2v) is 3.64. The van der Waals surface area contributed by atoms with Crippen LogP contribution in [0.4, 0.5) is 0 Å². The normalized spacial score (nSPS) is 44.5. The second-order valence-electron chi connectivity index (χ2n) is 3.64. The van der Waals surface area contributed by atoms with Gasteiger partial charge >= 0.3 is 0 Å². The van der Waals surface area contributed by atoms with Gasteiger partial charge in [-0.3, -0.25) is 4.79 Å². The van der Waals surface area contributed by atoms with Gasteiger partial charge in [0.15, 0.2) is 5.78 Å². The van der Waals surface area contributed by atoms with Crippen LogP contribution in [0.1, 0.15) is 26.2 Å². The lowest BCUT2D eigenvalue weighted by molar-refractivity contribution is -0.122. The van der Waals surface area contributed by atoms with E-state index in [0.29, 0.717) is 11.7 Å². The second kappa shape index (κ2) is 1.71. The lowest BCUT2D eigenvalue weighted by Crippen LogP contribution is -2.24. The molecule has 2 aliphatic rings. The lowest BCUT2D eigenvalue weighted by atomic mass is 9.81. The summed E-state index contributed by atoms with van der Waals surface area (Å²) in [5, 5.41) is 0. The minimum Gasteiger partial charge on any atom is -0.294 e. The Bertz CT molecular complexity index is 205. The molecule has 1 heteroatoms. The molecule has 0 N–H and O–H groups in total. The smallest absolute Gasteiger partial charge is 0.161 e. The first kappa shape index (κ1) is 6.14. The maximum atomic E-state index is 11.3. The van der Waals surface area contributed by atoms with E-state index in [1.54, 1.807) is 6.08 Å². The van der Waals surface area contributed by atoms with Crippen molar-refractivity contribution >= 4 is 5.78 Å². The minimum atomic E-state index is 0.0139. The van der Waals surface area contributed by atoms with Crippen molar-refractivity contribution in [3.05, 3.63) is 12.2 Å². The van der Waals surface area contributed by atoms with Gasteiger partial charge in [-0.1, -0.05) is 19.4 Å². The van der Waals surface area contributed by atoms with E-state index in [9.17, 15) is 4.79 Å². The Morgan fingerprint density at radius 2 is 2.50 bits per heavy atom. The highest BCUT2D eigenvalue weighted by atomic mass is 16.1. The number of rotatable bonds is 0. The molecule has 2 aliphatic carbocycles. The van der Waals surface area contributed by atoms with Crippen molar-refractivity contribution in [3.8, 4) is 0 Å². The van der Waals surface area contributed by atoms with Crippen molar-refractivity contribution in [2.45, 2.75) is 26.2 Å². The summed E-state index contributed by atoms with van der Waals surface area (Å²) in [6.45, 7) is 2.10. The molecule has 0 aromatic rings. The Kier molecular flexibility index (Phi) is 1.05. The molecular weight excluding hydrogens is 124 g/mol. The third-order valence-electron chi connectivity index (χ3n) is 3.07. The van der Waals surface area contributed by atoms with E-state index < -0.39 is 0 Å². The van der Waals surface area contributed by atoms with E-state index in [1.807, 2.05) is 0 Å². The van der Waals surface area contributed by atoms with Crippen molar-refractivity contribution in [2.75, 3.05) is 0 Å². The Labute approximate surface area is 61.1 Å². The molecule has 1 fully saturated rings. The van der Waals surface area contributed by atoms with Gasteiger partial charge in [0.25, 0.3) is 0 Å². The van der Waals surface area contributed by atoms with E-state index in [-0.39, 0.29) is 5.41 Å². The largest absolute Gasteiger partial charge is 0.294 e. The highest BCUT2D eigenvalue weighted by molar-refractivity contribution is 5.97. The van der Waals surface area contributed by atoms with E-state index in [1.165, 1.54) is 12.8 Å². The average molecular weight is 136 g/mol. The standard InChI is InChI=1S/C9H12O/c1-9-6-2-3-7(9)4-5-8(9)10/h4-5,7H,2-3,6H2,1H3/t7-,9-/m1/s1. The van der Waals surface area contributed by atoms with Crippen LogP contribution in [0.15, 0.2) is 12.2 Å². The summed E-state index contributed by atoms with van der Waals surface area (Å²) in [4.78, 5) is 11.3. The van der Waals surface area contributed by atoms with Gasteiger partial charge in [0.2, 0.25) is 0 Å². The van der Waals surface area contributed by atoms with Gasteiger partial charge in [0.1, 0.15) is 0 Å². The van der Waals surface area contributed by atoms with Crippen LogP contribution < -0.4 is 0 Å². The van der Waals surface area contributed by atoms with Crippen LogP contribution in [0.25, 0.3) is 0 Å². The Balaban J connectivity index is 2.36. The number of carbonyl (C=O) groups excluding carboxylic acids is 1. The molecule has 0 aromatic heterocycles. The third-order valence-corrected chi connectivity index (χ3v) is 3.07. The molecule has 0 amide bonds. The van der Waals surface area contributed by atoms with E-state index in [2.05, 4.69) is 13.0 Å². The van der Waals surface area contributed by atoms with Crippen molar-refractivity contribution in [1.29, 1.82) is 0 Å². The Hall–Kier alpha value is -0.590. The number of hydrogen-bond acceptors (Lipinski definition) is 1.